The van der Waals surface area contributed by atoms with E-state index in [1.54, 1.807) is 18.2 Å². The molecule has 0 spiro atoms. The number of carbonyl (C=O) groups is 1. The highest BCUT2D eigenvalue weighted by Crippen LogP contribution is 2.25. The fraction of sp³-hybridized carbons (Fsp3) is 0.350. The number of hydrogen-bond donors (Lipinski definition) is 0. The molecule has 1 aliphatic rings. The molecule has 0 aliphatic carbocycles. The fourth-order valence-corrected chi connectivity index (χ4v) is 4.73. The SMILES string of the molecule is C[C@H](C(=O)N1CCN(c2ccccc2F)CC1)N(c1ccc(F)c(F)c1)S(C)(=O)=O. The predicted octanol–water partition coefficient (Wildman–Crippen LogP) is 2.61. The summed E-state index contributed by atoms with van der Waals surface area (Å²) in [5.74, 6) is -3.15. The lowest BCUT2D eigenvalue weighted by molar-refractivity contribution is -0.132. The summed E-state index contributed by atoms with van der Waals surface area (Å²) in [5.41, 5.74) is 0.305. The molecule has 162 valence electrons. The zero-order valence-corrected chi connectivity index (χ0v) is 17.4. The Labute approximate surface area is 173 Å². The molecule has 0 aromatic heterocycles. The number of sulfonamides is 1. The Morgan fingerprint density at radius 1 is 0.967 bits per heavy atom. The maximum atomic E-state index is 14.0. The van der Waals surface area contributed by atoms with Crippen LogP contribution < -0.4 is 9.21 Å². The number of benzene rings is 2. The molecule has 1 aliphatic heterocycles. The molecule has 0 unspecified atom stereocenters. The summed E-state index contributed by atoms with van der Waals surface area (Å²) in [6.45, 7) is 2.69. The van der Waals surface area contributed by atoms with E-state index in [4.69, 9.17) is 0 Å². The average molecular weight is 441 g/mol. The maximum absolute atomic E-state index is 14.0. The van der Waals surface area contributed by atoms with E-state index >= 15 is 0 Å². The molecule has 1 heterocycles. The third kappa shape index (κ3) is 4.53. The van der Waals surface area contributed by atoms with E-state index in [1.807, 2.05) is 4.90 Å². The van der Waals surface area contributed by atoms with Gasteiger partial charge in [-0.25, -0.2) is 21.6 Å². The van der Waals surface area contributed by atoms with E-state index in [2.05, 4.69) is 0 Å². The summed E-state index contributed by atoms with van der Waals surface area (Å²) in [5, 5.41) is 0. The van der Waals surface area contributed by atoms with Crippen molar-refractivity contribution in [3.05, 3.63) is 59.9 Å². The van der Waals surface area contributed by atoms with Gasteiger partial charge in [-0.15, -0.1) is 0 Å². The first-order chi connectivity index (χ1) is 14.1. The molecule has 30 heavy (non-hydrogen) atoms. The minimum Gasteiger partial charge on any atom is -0.366 e. The fourth-order valence-electron chi connectivity index (χ4n) is 3.56. The molecular formula is C20H22F3N3O3S. The molecule has 3 rings (SSSR count). The van der Waals surface area contributed by atoms with E-state index in [1.165, 1.54) is 17.9 Å². The lowest BCUT2D eigenvalue weighted by Gasteiger charge is -2.39. The summed E-state index contributed by atoms with van der Waals surface area (Å²) in [7, 11) is -3.95. The molecule has 1 saturated heterocycles. The highest BCUT2D eigenvalue weighted by molar-refractivity contribution is 7.92. The van der Waals surface area contributed by atoms with E-state index < -0.39 is 33.6 Å². The van der Waals surface area contributed by atoms with Crippen molar-refractivity contribution in [2.24, 2.45) is 0 Å². The van der Waals surface area contributed by atoms with Gasteiger partial charge in [0.1, 0.15) is 11.9 Å². The van der Waals surface area contributed by atoms with Gasteiger partial charge in [-0.1, -0.05) is 12.1 Å². The lowest BCUT2D eigenvalue weighted by Crippen LogP contribution is -2.55. The monoisotopic (exact) mass is 441 g/mol. The van der Waals surface area contributed by atoms with Gasteiger partial charge in [-0.3, -0.25) is 9.10 Å². The van der Waals surface area contributed by atoms with Crippen LogP contribution in [0.5, 0.6) is 0 Å². The van der Waals surface area contributed by atoms with Crippen molar-refractivity contribution >= 4 is 27.3 Å². The van der Waals surface area contributed by atoms with Crippen LogP contribution in [0, 0.1) is 17.5 Å². The molecule has 10 heteroatoms. The smallest absolute Gasteiger partial charge is 0.246 e. The highest BCUT2D eigenvalue weighted by atomic mass is 32.2. The zero-order chi connectivity index (χ0) is 22.1. The highest BCUT2D eigenvalue weighted by Gasteiger charge is 2.34. The molecular weight excluding hydrogens is 419 g/mol. The van der Waals surface area contributed by atoms with Gasteiger partial charge in [0.2, 0.25) is 15.9 Å². The van der Waals surface area contributed by atoms with Crippen molar-refractivity contribution in [3.8, 4) is 0 Å². The van der Waals surface area contributed by atoms with Crippen LogP contribution in [0.1, 0.15) is 6.92 Å². The van der Waals surface area contributed by atoms with Gasteiger partial charge in [-0.05, 0) is 31.2 Å². The van der Waals surface area contributed by atoms with Gasteiger partial charge in [0, 0.05) is 32.2 Å². The van der Waals surface area contributed by atoms with Crippen molar-refractivity contribution in [2.75, 3.05) is 41.6 Å². The van der Waals surface area contributed by atoms with Crippen LogP contribution in [0.15, 0.2) is 42.5 Å². The molecule has 0 N–H and O–H groups in total. The lowest BCUT2D eigenvalue weighted by atomic mass is 10.2. The second kappa shape index (κ2) is 8.55. The van der Waals surface area contributed by atoms with Crippen molar-refractivity contribution in [1.29, 1.82) is 0 Å². The summed E-state index contributed by atoms with van der Waals surface area (Å²) < 4.78 is 66.3. The third-order valence-corrected chi connectivity index (χ3v) is 6.25. The van der Waals surface area contributed by atoms with Crippen molar-refractivity contribution in [2.45, 2.75) is 13.0 Å². The number of rotatable bonds is 5. The molecule has 1 atom stereocenters. The van der Waals surface area contributed by atoms with Gasteiger partial charge < -0.3 is 9.80 Å². The van der Waals surface area contributed by atoms with Gasteiger partial charge >= 0.3 is 0 Å². The second-order valence-corrected chi connectivity index (χ2v) is 8.96. The van der Waals surface area contributed by atoms with Crippen LogP contribution in [0.2, 0.25) is 0 Å². The van der Waals surface area contributed by atoms with E-state index in [-0.39, 0.29) is 24.6 Å². The summed E-state index contributed by atoms with van der Waals surface area (Å²) in [6.07, 6.45) is 0.897. The van der Waals surface area contributed by atoms with Gasteiger partial charge in [0.25, 0.3) is 0 Å². The Morgan fingerprint density at radius 3 is 2.17 bits per heavy atom. The van der Waals surface area contributed by atoms with Crippen LogP contribution in [-0.4, -0.2) is 57.7 Å². The largest absolute Gasteiger partial charge is 0.366 e. The molecule has 0 bridgehead atoms. The number of piperazine rings is 1. The van der Waals surface area contributed by atoms with Gasteiger partial charge in [-0.2, -0.15) is 0 Å². The van der Waals surface area contributed by atoms with Crippen LogP contribution in [0.4, 0.5) is 24.5 Å². The summed E-state index contributed by atoms with van der Waals surface area (Å²) in [6, 6.07) is 7.85. The minimum atomic E-state index is -3.95. The van der Waals surface area contributed by atoms with E-state index in [0.29, 0.717) is 18.8 Å². The first-order valence-electron chi connectivity index (χ1n) is 9.32. The Hall–Kier alpha value is -2.75. The average Bonchev–Trinajstić information content (AvgIpc) is 2.70. The maximum Gasteiger partial charge on any atom is 0.246 e. The standard InChI is InChI=1S/C20H22F3N3O3S/c1-14(26(30(2,28)29)15-7-8-16(21)18(23)13-15)20(27)25-11-9-24(10-12-25)19-6-4-3-5-17(19)22/h3-8,13-14H,9-12H2,1-2H3/t14-/m1/s1. The number of halogens is 3. The van der Waals surface area contributed by atoms with E-state index in [9.17, 15) is 26.4 Å². The first-order valence-corrected chi connectivity index (χ1v) is 11.2. The van der Waals surface area contributed by atoms with Crippen LogP contribution in [-0.2, 0) is 14.8 Å². The van der Waals surface area contributed by atoms with Crippen molar-refractivity contribution in [1.82, 2.24) is 4.90 Å². The number of hydrogen-bond acceptors (Lipinski definition) is 4. The van der Waals surface area contributed by atoms with Crippen LogP contribution in [0.3, 0.4) is 0 Å². The third-order valence-electron chi connectivity index (χ3n) is 5.01. The number of anilines is 2. The Kier molecular flexibility index (Phi) is 6.25. The minimum absolute atomic E-state index is 0.137. The van der Waals surface area contributed by atoms with E-state index in [0.717, 1.165) is 28.8 Å². The van der Waals surface area contributed by atoms with Crippen molar-refractivity contribution < 1.29 is 26.4 Å². The van der Waals surface area contributed by atoms with Gasteiger partial charge in [0.05, 0.1) is 17.6 Å². The van der Waals surface area contributed by atoms with Crippen LogP contribution >= 0.6 is 0 Å². The number of amides is 1. The second-order valence-electron chi connectivity index (χ2n) is 7.10. The number of para-hydroxylation sites is 1. The summed E-state index contributed by atoms with van der Waals surface area (Å²) in [4.78, 5) is 16.3. The summed E-state index contributed by atoms with van der Waals surface area (Å²) >= 11 is 0. The molecule has 1 amide bonds. The molecule has 6 nitrogen and oxygen atoms in total. The normalized spacial score (nSPS) is 15.8. The van der Waals surface area contributed by atoms with Crippen LogP contribution in [0.25, 0.3) is 0 Å². The Bertz CT molecular complexity index is 1040. The molecule has 2 aromatic rings. The molecule has 1 fully saturated rings. The number of carbonyl (C=O) groups excluding carboxylic acids is 1. The quantitative estimate of drug-likeness (QED) is 0.716. The zero-order valence-electron chi connectivity index (χ0n) is 16.6. The Morgan fingerprint density at radius 2 is 1.60 bits per heavy atom. The van der Waals surface area contributed by atoms with Gasteiger partial charge in [0.15, 0.2) is 11.6 Å². The molecule has 2 aromatic carbocycles. The first kappa shape index (κ1) is 21.9. The molecule has 0 saturated carbocycles. The number of nitrogens with zero attached hydrogens (tertiary/aromatic N) is 3. The topological polar surface area (TPSA) is 60.9 Å². The predicted molar refractivity (Wildman–Crippen MR) is 108 cm³/mol. The molecule has 0 radical (unpaired) electrons. The van der Waals surface area contributed by atoms with Crippen molar-refractivity contribution in [3.63, 3.8) is 0 Å². The Balaban J connectivity index is 1.76.